The fourth-order valence-corrected chi connectivity index (χ4v) is 2.98. The van der Waals surface area contributed by atoms with Gasteiger partial charge in [-0.05, 0) is 55.8 Å². The molecule has 25 heavy (non-hydrogen) atoms. The number of thiocarbonyl (C=S) groups is 1. The lowest BCUT2D eigenvalue weighted by Crippen LogP contribution is -2.41. The fourth-order valence-electron chi connectivity index (χ4n) is 2.79. The molecule has 0 aliphatic rings. The van der Waals surface area contributed by atoms with E-state index in [0.717, 1.165) is 25.9 Å². The van der Waals surface area contributed by atoms with Crippen LogP contribution >= 0.6 is 12.2 Å². The second kappa shape index (κ2) is 10.2. The molecule has 0 fully saturated rings. The van der Waals surface area contributed by atoms with Gasteiger partial charge < -0.3 is 15.5 Å². The summed E-state index contributed by atoms with van der Waals surface area (Å²) in [5.74, 6) is 0. The van der Waals surface area contributed by atoms with Crippen molar-refractivity contribution in [2.75, 3.05) is 27.2 Å². The van der Waals surface area contributed by atoms with E-state index in [-0.39, 0.29) is 0 Å². The smallest absolute Gasteiger partial charge is 0.166 e. The first kappa shape index (κ1) is 19.4. The molecule has 0 aliphatic carbocycles. The summed E-state index contributed by atoms with van der Waals surface area (Å²) in [6.45, 7) is 3.81. The van der Waals surface area contributed by atoms with Crippen molar-refractivity contribution in [1.82, 2.24) is 15.5 Å². The first-order valence-electron chi connectivity index (χ1n) is 8.91. The van der Waals surface area contributed by atoms with Gasteiger partial charge in [-0.25, -0.2) is 0 Å². The van der Waals surface area contributed by atoms with Gasteiger partial charge in [0.15, 0.2) is 5.11 Å². The number of hydrogen-bond donors (Lipinski definition) is 2. The molecule has 0 saturated carbocycles. The summed E-state index contributed by atoms with van der Waals surface area (Å²) in [5.41, 5.74) is 3.99. The molecular formula is C21H29N3S. The van der Waals surface area contributed by atoms with Gasteiger partial charge in [-0.3, -0.25) is 0 Å². The Kier molecular flexibility index (Phi) is 7.89. The molecule has 2 aromatic carbocycles. The summed E-state index contributed by atoms with van der Waals surface area (Å²) >= 11 is 5.42. The second-order valence-corrected chi connectivity index (χ2v) is 6.86. The van der Waals surface area contributed by atoms with Gasteiger partial charge in [-0.2, -0.15) is 0 Å². The molecule has 0 saturated heterocycles. The van der Waals surface area contributed by atoms with Crippen LogP contribution in [0.2, 0.25) is 0 Å². The Morgan fingerprint density at radius 2 is 1.64 bits per heavy atom. The fraction of sp³-hybridized carbons (Fsp3) is 0.381. The van der Waals surface area contributed by atoms with Crippen LogP contribution in [-0.2, 0) is 12.8 Å². The van der Waals surface area contributed by atoms with Crippen molar-refractivity contribution in [1.29, 1.82) is 0 Å². The van der Waals surface area contributed by atoms with E-state index in [1.54, 1.807) is 0 Å². The Bertz CT molecular complexity index is 638. The summed E-state index contributed by atoms with van der Waals surface area (Å²) in [7, 11) is 4.21. The zero-order valence-electron chi connectivity index (χ0n) is 15.5. The van der Waals surface area contributed by atoms with Gasteiger partial charge in [0, 0.05) is 13.1 Å². The van der Waals surface area contributed by atoms with Crippen LogP contribution in [0.4, 0.5) is 0 Å². The monoisotopic (exact) mass is 355 g/mol. The van der Waals surface area contributed by atoms with Crippen molar-refractivity contribution < 1.29 is 0 Å². The highest BCUT2D eigenvalue weighted by Crippen LogP contribution is 2.18. The molecule has 0 aromatic heterocycles. The molecule has 1 atom stereocenters. The van der Waals surface area contributed by atoms with E-state index in [0.29, 0.717) is 11.2 Å². The van der Waals surface area contributed by atoms with Gasteiger partial charge in [0.2, 0.25) is 0 Å². The number of benzene rings is 2. The minimum atomic E-state index is 0.291. The first-order valence-corrected chi connectivity index (χ1v) is 9.32. The second-order valence-electron chi connectivity index (χ2n) is 6.45. The lowest BCUT2D eigenvalue weighted by atomic mass is 10.0. The number of rotatable bonds is 8. The SMILES string of the molecule is CCc1ccc([C@H](CNC(=S)NCCc2ccccc2)N(C)C)cc1. The summed E-state index contributed by atoms with van der Waals surface area (Å²) < 4.78 is 0. The van der Waals surface area contributed by atoms with Crippen molar-refractivity contribution in [2.24, 2.45) is 0 Å². The molecule has 3 nitrogen and oxygen atoms in total. The Morgan fingerprint density at radius 3 is 2.24 bits per heavy atom. The zero-order valence-corrected chi connectivity index (χ0v) is 16.3. The third-order valence-corrected chi connectivity index (χ3v) is 4.68. The molecule has 2 rings (SSSR count). The van der Waals surface area contributed by atoms with Crippen molar-refractivity contribution >= 4 is 17.3 Å². The molecule has 134 valence electrons. The maximum atomic E-state index is 5.42. The minimum absolute atomic E-state index is 0.291. The standard InChI is InChI=1S/C21H29N3S/c1-4-17-10-12-19(13-11-17)20(24(2)3)16-23-21(25)22-15-14-18-8-6-5-7-9-18/h5-13,20H,4,14-16H2,1-3H3,(H2,22,23,25)/t20-/m0/s1. The Hall–Kier alpha value is -1.91. The minimum Gasteiger partial charge on any atom is -0.362 e. The van der Waals surface area contributed by atoms with E-state index in [4.69, 9.17) is 12.2 Å². The number of nitrogens with zero attached hydrogens (tertiary/aromatic N) is 1. The molecule has 2 N–H and O–H groups in total. The van der Waals surface area contributed by atoms with Gasteiger partial charge in [-0.15, -0.1) is 0 Å². The highest BCUT2D eigenvalue weighted by molar-refractivity contribution is 7.80. The molecule has 0 unspecified atom stereocenters. The molecule has 0 bridgehead atoms. The quantitative estimate of drug-likeness (QED) is 0.708. The van der Waals surface area contributed by atoms with Crippen LogP contribution in [0.15, 0.2) is 54.6 Å². The molecule has 0 aliphatic heterocycles. The summed E-state index contributed by atoms with van der Waals surface area (Å²) in [4.78, 5) is 2.22. The average molecular weight is 356 g/mol. The third kappa shape index (κ3) is 6.48. The lowest BCUT2D eigenvalue weighted by Gasteiger charge is -2.26. The largest absolute Gasteiger partial charge is 0.362 e. The first-order chi connectivity index (χ1) is 12.1. The Balaban J connectivity index is 1.80. The molecular weight excluding hydrogens is 326 g/mol. The molecule has 0 spiro atoms. The average Bonchev–Trinajstić information content (AvgIpc) is 2.63. The van der Waals surface area contributed by atoms with E-state index < -0.39 is 0 Å². The lowest BCUT2D eigenvalue weighted by molar-refractivity contribution is 0.298. The predicted molar refractivity (Wildman–Crippen MR) is 111 cm³/mol. The van der Waals surface area contributed by atoms with Crippen LogP contribution in [0.1, 0.15) is 29.7 Å². The molecule has 4 heteroatoms. The molecule has 2 aromatic rings. The topological polar surface area (TPSA) is 27.3 Å². The Morgan fingerprint density at radius 1 is 0.960 bits per heavy atom. The van der Waals surface area contributed by atoms with Crippen LogP contribution in [0.25, 0.3) is 0 Å². The van der Waals surface area contributed by atoms with Gasteiger partial charge in [0.1, 0.15) is 0 Å². The molecule has 0 radical (unpaired) electrons. The maximum Gasteiger partial charge on any atom is 0.166 e. The van der Waals surface area contributed by atoms with E-state index in [9.17, 15) is 0 Å². The van der Waals surface area contributed by atoms with Crippen molar-refractivity contribution in [2.45, 2.75) is 25.8 Å². The van der Waals surface area contributed by atoms with Crippen molar-refractivity contribution in [3.8, 4) is 0 Å². The third-order valence-electron chi connectivity index (χ3n) is 4.39. The van der Waals surface area contributed by atoms with Crippen molar-refractivity contribution in [3.63, 3.8) is 0 Å². The number of aryl methyl sites for hydroxylation is 1. The van der Waals surface area contributed by atoms with E-state index in [1.165, 1.54) is 16.7 Å². The van der Waals surface area contributed by atoms with Crippen LogP contribution in [0, 0.1) is 0 Å². The van der Waals surface area contributed by atoms with Gasteiger partial charge in [0.25, 0.3) is 0 Å². The predicted octanol–water partition coefficient (Wildman–Crippen LogP) is 3.56. The molecule has 0 amide bonds. The highest BCUT2D eigenvalue weighted by atomic mass is 32.1. The van der Waals surface area contributed by atoms with Crippen LogP contribution in [-0.4, -0.2) is 37.2 Å². The number of hydrogen-bond acceptors (Lipinski definition) is 2. The number of nitrogens with one attached hydrogen (secondary N) is 2. The molecule has 0 heterocycles. The summed E-state index contributed by atoms with van der Waals surface area (Å²) in [6, 6.07) is 19.6. The zero-order chi connectivity index (χ0) is 18.1. The van der Waals surface area contributed by atoms with Gasteiger partial charge in [-0.1, -0.05) is 61.5 Å². The van der Waals surface area contributed by atoms with E-state index in [2.05, 4.69) is 85.1 Å². The maximum absolute atomic E-state index is 5.42. The normalized spacial score (nSPS) is 12.0. The summed E-state index contributed by atoms with van der Waals surface area (Å²) in [6.07, 6.45) is 2.04. The van der Waals surface area contributed by atoms with Crippen LogP contribution in [0.3, 0.4) is 0 Å². The van der Waals surface area contributed by atoms with Gasteiger partial charge >= 0.3 is 0 Å². The highest BCUT2D eigenvalue weighted by Gasteiger charge is 2.14. The summed E-state index contributed by atoms with van der Waals surface area (Å²) in [5, 5.41) is 7.37. The van der Waals surface area contributed by atoms with E-state index >= 15 is 0 Å². The number of likely N-dealkylation sites (N-methyl/N-ethyl adjacent to an activating group) is 1. The van der Waals surface area contributed by atoms with Crippen LogP contribution < -0.4 is 10.6 Å². The van der Waals surface area contributed by atoms with Gasteiger partial charge in [0.05, 0.1) is 6.04 Å². The van der Waals surface area contributed by atoms with Crippen LogP contribution in [0.5, 0.6) is 0 Å². The van der Waals surface area contributed by atoms with E-state index in [1.807, 2.05) is 6.07 Å². The van der Waals surface area contributed by atoms with Crippen molar-refractivity contribution in [3.05, 3.63) is 71.3 Å². The Labute approximate surface area is 157 Å².